The van der Waals surface area contributed by atoms with Crippen LogP contribution in [0.3, 0.4) is 0 Å². The molecule has 0 radical (unpaired) electrons. The summed E-state index contributed by atoms with van der Waals surface area (Å²) in [7, 11) is 3.04. The SMILES string of the molecule is COc1cc(/C=C2/SC(=O)N(CC(=O)OC(C)C)C2=O)cc(OC)c1. The van der Waals surface area contributed by atoms with Crippen LogP contribution >= 0.6 is 11.8 Å². The maximum absolute atomic E-state index is 12.4. The van der Waals surface area contributed by atoms with Crippen molar-refractivity contribution in [2.24, 2.45) is 0 Å². The molecule has 2 rings (SSSR count). The van der Waals surface area contributed by atoms with Crippen molar-refractivity contribution >= 4 is 35.0 Å². The second-order valence-electron chi connectivity index (χ2n) is 5.45. The van der Waals surface area contributed by atoms with Crippen LogP contribution < -0.4 is 9.47 Å². The third-order valence-electron chi connectivity index (χ3n) is 3.20. The number of carbonyl (C=O) groups is 3. The van der Waals surface area contributed by atoms with Gasteiger partial charge in [-0.3, -0.25) is 19.3 Å². The van der Waals surface area contributed by atoms with E-state index in [1.165, 1.54) is 14.2 Å². The number of esters is 1. The molecule has 0 saturated carbocycles. The minimum Gasteiger partial charge on any atom is -0.497 e. The number of hydrogen-bond acceptors (Lipinski definition) is 7. The van der Waals surface area contributed by atoms with E-state index in [9.17, 15) is 14.4 Å². The Hall–Kier alpha value is -2.48. The van der Waals surface area contributed by atoms with Crippen LogP contribution in [0, 0.1) is 0 Å². The summed E-state index contributed by atoms with van der Waals surface area (Å²) in [6.07, 6.45) is 1.25. The molecule has 1 heterocycles. The van der Waals surface area contributed by atoms with Gasteiger partial charge in [0.05, 0.1) is 25.2 Å². The third kappa shape index (κ3) is 4.76. The van der Waals surface area contributed by atoms with Crippen LogP contribution in [0.15, 0.2) is 23.1 Å². The molecule has 0 aliphatic carbocycles. The van der Waals surface area contributed by atoms with Gasteiger partial charge in [-0.25, -0.2) is 0 Å². The van der Waals surface area contributed by atoms with Gasteiger partial charge in [0.15, 0.2) is 0 Å². The van der Waals surface area contributed by atoms with Gasteiger partial charge in [-0.05, 0) is 49.4 Å². The van der Waals surface area contributed by atoms with E-state index in [0.29, 0.717) is 17.1 Å². The smallest absolute Gasteiger partial charge is 0.326 e. The van der Waals surface area contributed by atoms with Gasteiger partial charge in [-0.15, -0.1) is 0 Å². The summed E-state index contributed by atoms with van der Waals surface area (Å²) >= 11 is 0.774. The van der Waals surface area contributed by atoms with Crippen molar-refractivity contribution in [2.45, 2.75) is 20.0 Å². The van der Waals surface area contributed by atoms with Gasteiger partial charge in [0.25, 0.3) is 11.1 Å². The van der Waals surface area contributed by atoms with Crippen molar-refractivity contribution in [3.8, 4) is 11.5 Å². The molecule has 1 aromatic rings. The zero-order valence-corrected chi connectivity index (χ0v) is 15.2. The highest BCUT2D eigenvalue weighted by atomic mass is 32.2. The first kappa shape index (κ1) is 18.9. The highest BCUT2D eigenvalue weighted by molar-refractivity contribution is 8.18. The molecule has 0 bridgehead atoms. The molecule has 1 aromatic carbocycles. The standard InChI is InChI=1S/C17H19NO6S/c1-10(2)24-15(19)9-18-16(20)14(25-17(18)21)7-11-5-12(22-3)8-13(6-11)23-4/h5-8,10H,9H2,1-4H3/b14-7+. The van der Waals surface area contributed by atoms with E-state index in [0.717, 1.165) is 16.7 Å². The number of ether oxygens (including phenoxy) is 3. The van der Waals surface area contributed by atoms with E-state index >= 15 is 0 Å². The normalized spacial score (nSPS) is 15.9. The molecule has 1 saturated heterocycles. The first-order valence-electron chi connectivity index (χ1n) is 7.52. The molecule has 0 aromatic heterocycles. The Morgan fingerprint density at radius 2 is 1.76 bits per heavy atom. The fraction of sp³-hybridized carbons (Fsp3) is 0.353. The van der Waals surface area contributed by atoms with Crippen LogP contribution in [0.4, 0.5) is 4.79 Å². The lowest BCUT2D eigenvalue weighted by Gasteiger charge is -2.13. The summed E-state index contributed by atoms with van der Waals surface area (Å²) in [6, 6.07) is 5.12. The Morgan fingerprint density at radius 1 is 1.16 bits per heavy atom. The summed E-state index contributed by atoms with van der Waals surface area (Å²) in [5.74, 6) is -0.0326. The van der Waals surface area contributed by atoms with E-state index in [-0.39, 0.29) is 11.0 Å². The Balaban J connectivity index is 2.21. The average molecular weight is 365 g/mol. The Bertz CT molecular complexity index is 706. The molecule has 8 heteroatoms. The van der Waals surface area contributed by atoms with Crippen LogP contribution in [0.5, 0.6) is 11.5 Å². The van der Waals surface area contributed by atoms with Crippen molar-refractivity contribution < 1.29 is 28.6 Å². The van der Waals surface area contributed by atoms with E-state index in [4.69, 9.17) is 14.2 Å². The average Bonchev–Trinajstić information content (AvgIpc) is 2.81. The molecular formula is C17H19NO6S. The quantitative estimate of drug-likeness (QED) is 0.566. The minimum atomic E-state index is -0.624. The maximum Gasteiger partial charge on any atom is 0.326 e. The van der Waals surface area contributed by atoms with Crippen LogP contribution in [0.1, 0.15) is 19.4 Å². The fourth-order valence-electron chi connectivity index (χ4n) is 2.13. The third-order valence-corrected chi connectivity index (χ3v) is 4.11. The number of thioether (sulfide) groups is 1. The lowest BCUT2D eigenvalue weighted by atomic mass is 10.2. The molecule has 0 N–H and O–H groups in total. The molecule has 0 atom stereocenters. The molecule has 25 heavy (non-hydrogen) atoms. The first-order valence-corrected chi connectivity index (χ1v) is 8.33. The molecule has 7 nitrogen and oxygen atoms in total. The highest BCUT2D eigenvalue weighted by Gasteiger charge is 2.36. The fourth-order valence-corrected chi connectivity index (χ4v) is 2.97. The second kappa shape index (κ2) is 8.06. The number of benzene rings is 1. The van der Waals surface area contributed by atoms with Crippen molar-refractivity contribution in [1.29, 1.82) is 0 Å². The molecule has 2 amide bonds. The van der Waals surface area contributed by atoms with E-state index in [2.05, 4.69) is 0 Å². The van der Waals surface area contributed by atoms with Crippen molar-refractivity contribution in [3.63, 3.8) is 0 Å². The number of carbonyl (C=O) groups excluding carboxylic acids is 3. The van der Waals surface area contributed by atoms with Crippen LogP contribution in [-0.2, 0) is 14.3 Å². The Kier molecular flexibility index (Phi) is 6.08. The molecule has 0 spiro atoms. The summed E-state index contributed by atoms with van der Waals surface area (Å²) in [5.41, 5.74) is 0.645. The summed E-state index contributed by atoms with van der Waals surface area (Å²) < 4.78 is 15.3. The van der Waals surface area contributed by atoms with Gasteiger partial charge >= 0.3 is 5.97 Å². The van der Waals surface area contributed by atoms with Gasteiger partial charge in [0.1, 0.15) is 18.0 Å². The molecule has 0 unspecified atom stereocenters. The lowest BCUT2D eigenvalue weighted by molar-refractivity contribution is -0.149. The van der Waals surface area contributed by atoms with Gasteiger partial charge in [0, 0.05) is 6.07 Å². The molecule has 1 aliphatic heterocycles. The molecule has 1 aliphatic rings. The molecule has 1 fully saturated rings. The van der Waals surface area contributed by atoms with Crippen molar-refractivity contribution in [1.82, 2.24) is 4.90 Å². The van der Waals surface area contributed by atoms with Gasteiger partial charge < -0.3 is 14.2 Å². The zero-order valence-electron chi connectivity index (χ0n) is 14.4. The number of rotatable bonds is 6. The number of imide groups is 1. The summed E-state index contributed by atoms with van der Waals surface area (Å²) in [5, 5.41) is -0.508. The van der Waals surface area contributed by atoms with E-state index in [1.807, 2.05) is 0 Å². The maximum atomic E-state index is 12.4. The van der Waals surface area contributed by atoms with E-state index < -0.39 is 23.7 Å². The summed E-state index contributed by atoms with van der Waals surface area (Å²) in [4.78, 5) is 37.2. The van der Waals surface area contributed by atoms with E-state index in [1.54, 1.807) is 38.1 Å². The highest BCUT2D eigenvalue weighted by Crippen LogP contribution is 2.33. The number of hydrogen-bond donors (Lipinski definition) is 0. The largest absolute Gasteiger partial charge is 0.497 e. The molecule has 134 valence electrons. The van der Waals surface area contributed by atoms with Crippen molar-refractivity contribution in [2.75, 3.05) is 20.8 Å². The number of amides is 2. The Labute approximate surface area is 149 Å². The van der Waals surface area contributed by atoms with Crippen LogP contribution in [0.2, 0.25) is 0 Å². The van der Waals surface area contributed by atoms with Crippen molar-refractivity contribution in [3.05, 3.63) is 28.7 Å². The molecular weight excluding hydrogens is 346 g/mol. The Morgan fingerprint density at radius 3 is 2.28 bits per heavy atom. The van der Waals surface area contributed by atoms with Crippen LogP contribution in [-0.4, -0.2) is 48.9 Å². The van der Waals surface area contributed by atoms with Crippen LogP contribution in [0.25, 0.3) is 6.08 Å². The predicted octanol–water partition coefficient (Wildman–Crippen LogP) is 2.69. The lowest BCUT2D eigenvalue weighted by Crippen LogP contribution is -2.35. The monoisotopic (exact) mass is 365 g/mol. The van der Waals surface area contributed by atoms with Gasteiger partial charge in [-0.1, -0.05) is 0 Å². The second-order valence-corrected chi connectivity index (χ2v) is 6.45. The number of methoxy groups -OCH3 is 2. The summed E-state index contributed by atoms with van der Waals surface area (Å²) in [6.45, 7) is 2.99. The minimum absolute atomic E-state index is 0.220. The predicted molar refractivity (Wildman–Crippen MR) is 93.5 cm³/mol. The topological polar surface area (TPSA) is 82.1 Å². The number of nitrogens with zero attached hydrogens (tertiary/aromatic N) is 1. The van der Waals surface area contributed by atoms with Gasteiger partial charge in [0.2, 0.25) is 0 Å². The zero-order chi connectivity index (χ0) is 18.6. The van der Waals surface area contributed by atoms with Gasteiger partial charge in [-0.2, -0.15) is 0 Å². The first-order chi connectivity index (χ1) is 11.8.